The number of nitrogens with one attached hydrogen (secondary N) is 2. The highest BCUT2D eigenvalue weighted by atomic mass is 32.2. The maximum absolute atomic E-state index is 11.8. The van der Waals surface area contributed by atoms with Crippen molar-refractivity contribution in [2.24, 2.45) is 0 Å². The van der Waals surface area contributed by atoms with E-state index in [0.717, 1.165) is 6.26 Å². The first-order chi connectivity index (χ1) is 8.35. The van der Waals surface area contributed by atoms with E-state index in [0.29, 0.717) is 12.2 Å². The number of aromatic nitrogens is 2. The lowest BCUT2D eigenvalue weighted by Crippen LogP contribution is -2.35. The van der Waals surface area contributed by atoms with E-state index >= 15 is 0 Å². The SMILES string of the molecule is CCn1ncc(N)c1C(=O)NCCNS(C)(=O)=O. The molecule has 0 radical (unpaired) electrons. The molecule has 0 aliphatic rings. The van der Waals surface area contributed by atoms with Crippen molar-refractivity contribution in [2.45, 2.75) is 13.5 Å². The zero-order chi connectivity index (χ0) is 13.8. The number of sulfonamides is 1. The molecule has 1 amide bonds. The van der Waals surface area contributed by atoms with Gasteiger partial charge in [-0.15, -0.1) is 0 Å². The fourth-order valence-electron chi connectivity index (χ4n) is 1.38. The fraction of sp³-hybridized carbons (Fsp3) is 0.556. The monoisotopic (exact) mass is 275 g/mol. The molecular weight excluding hydrogens is 258 g/mol. The van der Waals surface area contributed by atoms with Gasteiger partial charge in [0, 0.05) is 19.6 Å². The molecule has 1 aromatic heterocycles. The highest BCUT2D eigenvalue weighted by Gasteiger charge is 2.15. The summed E-state index contributed by atoms with van der Waals surface area (Å²) < 4.78 is 25.4. The van der Waals surface area contributed by atoms with Crippen molar-refractivity contribution in [2.75, 3.05) is 25.1 Å². The standard InChI is InChI=1S/C9H17N5O3S/c1-3-14-8(7(10)6-12-14)9(15)11-4-5-13-18(2,16)17/h6,13H,3-5,10H2,1-2H3,(H,11,15). The van der Waals surface area contributed by atoms with Gasteiger partial charge >= 0.3 is 0 Å². The van der Waals surface area contributed by atoms with Crippen LogP contribution in [0.2, 0.25) is 0 Å². The van der Waals surface area contributed by atoms with Gasteiger partial charge in [0.1, 0.15) is 5.69 Å². The molecule has 1 aromatic rings. The predicted molar refractivity (Wildman–Crippen MR) is 67.5 cm³/mol. The van der Waals surface area contributed by atoms with Gasteiger partial charge in [-0.25, -0.2) is 13.1 Å². The molecule has 1 heterocycles. The Morgan fingerprint density at radius 2 is 2.17 bits per heavy atom. The van der Waals surface area contributed by atoms with Gasteiger partial charge in [0.25, 0.3) is 5.91 Å². The van der Waals surface area contributed by atoms with Crippen LogP contribution in [0.3, 0.4) is 0 Å². The van der Waals surface area contributed by atoms with E-state index in [4.69, 9.17) is 5.73 Å². The summed E-state index contributed by atoms with van der Waals surface area (Å²) in [5.41, 5.74) is 6.22. The number of rotatable bonds is 6. The molecule has 0 saturated carbocycles. The Labute approximate surface area is 106 Å². The zero-order valence-electron chi connectivity index (χ0n) is 10.3. The van der Waals surface area contributed by atoms with Crippen LogP contribution in [0.25, 0.3) is 0 Å². The summed E-state index contributed by atoms with van der Waals surface area (Å²) in [5, 5.41) is 6.51. The van der Waals surface area contributed by atoms with Crippen LogP contribution in [0, 0.1) is 0 Å². The summed E-state index contributed by atoms with van der Waals surface area (Å²) in [5.74, 6) is -0.373. The van der Waals surface area contributed by atoms with Crippen molar-refractivity contribution in [1.82, 2.24) is 19.8 Å². The molecule has 0 bridgehead atoms. The second-order valence-corrected chi connectivity index (χ2v) is 5.52. The number of nitrogens with two attached hydrogens (primary N) is 1. The molecule has 0 aliphatic carbocycles. The highest BCUT2D eigenvalue weighted by molar-refractivity contribution is 7.88. The topological polar surface area (TPSA) is 119 Å². The third-order valence-electron chi connectivity index (χ3n) is 2.16. The van der Waals surface area contributed by atoms with Gasteiger partial charge in [0.05, 0.1) is 18.1 Å². The molecule has 0 saturated heterocycles. The third-order valence-corrected chi connectivity index (χ3v) is 2.89. The minimum Gasteiger partial charge on any atom is -0.396 e. The van der Waals surface area contributed by atoms with Crippen LogP contribution in [0.4, 0.5) is 5.69 Å². The summed E-state index contributed by atoms with van der Waals surface area (Å²) in [4.78, 5) is 11.8. The van der Waals surface area contributed by atoms with E-state index in [-0.39, 0.29) is 24.7 Å². The predicted octanol–water partition coefficient (Wildman–Crippen LogP) is -1.24. The van der Waals surface area contributed by atoms with Gasteiger partial charge in [0.2, 0.25) is 10.0 Å². The van der Waals surface area contributed by atoms with Crippen molar-refractivity contribution in [3.8, 4) is 0 Å². The average Bonchev–Trinajstić information content (AvgIpc) is 2.64. The Bertz CT molecular complexity index is 522. The Balaban J connectivity index is 2.53. The Kier molecular flexibility index (Phi) is 4.68. The second-order valence-electron chi connectivity index (χ2n) is 3.69. The quantitative estimate of drug-likeness (QED) is 0.561. The molecular formula is C9H17N5O3S. The first-order valence-electron chi connectivity index (χ1n) is 5.39. The molecule has 0 spiro atoms. The molecule has 0 fully saturated rings. The Hall–Kier alpha value is -1.61. The smallest absolute Gasteiger partial charge is 0.271 e. The van der Waals surface area contributed by atoms with Crippen LogP contribution in [0.5, 0.6) is 0 Å². The number of carbonyl (C=O) groups is 1. The molecule has 0 aliphatic heterocycles. The average molecular weight is 275 g/mol. The first kappa shape index (κ1) is 14.5. The van der Waals surface area contributed by atoms with Gasteiger partial charge in [-0.05, 0) is 6.92 Å². The lowest BCUT2D eigenvalue weighted by molar-refractivity contribution is 0.0944. The number of hydrogen-bond acceptors (Lipinski definition) is 5. The van der Waals surface area contributed by atoms with Crippen LogP contribution in [-0.2, 0) is 16.6 Å². The van der Waals surface area contributed by atoms with Gasteiger partial charge in [-0.3, -0.25) is 9.48 Å². The van der Waals surface area contributed by atoms with Crippen molar-refractivity contribution in [1.29, 1.82) is 0 Å². The van der Waals surface area contributed by atoms with Crippen LogP contribution >= 0.6 is 0 Å². The van der Waals surface area contributed by atoms with Crippen molar-refractivity contribution < 1.29 is 13.2 Å². The number of carbonyl (C=O) groups excluding carboxylic acids is 1. The number of aryl methyl sites for hydroxylation is 1. The molecule has 0 aromatic carbocycles. The number of nitrogen functional groups attached to an aromatic ring is 1. The molecule has 9 heteroatoms. The van der Waals surface area contributed by atoms with Gasteiger partial charge in [-0.1, -0.05) is 0 Å². The van der Waals surface area contributed by atoms with E-state index < -0.39 is 10.0 Å². The third kappa shape index (κ3) is 4.00. The zero-order valence-corrected chi connectivity index (χ0v) is 11.1. The van der Waals surface area contributed by atoms with E-state index in [9.17, 15) is 13.2 Å². The van der Waals surface area contributed by atoms with Gasteiger partial charge in [-0.2, -0.15) is 5.10 Å². The van der Waals surface area contributed by atoms with Gasteiger partial charge < -0.3 is 11.1 Å². The normalized spacial score (nSPS) is 11.4. The molecule has 0 atom stereocenters. The number of amides is 1. The second kappa shape index (κ2) is 5.83. The molecule has 102 valence electrons. The number of hydrogen-bond donors (Lipinski definition) is 3. The maximum Gasteiger partial charge on any atom is 0.271 e. The van der Waals surface area contributed by atoms with E-state index in [1.165, 1.54) is 10.9 Å². The molecule has 1 rings (SSSR count). The number of nitrogens with zero attached hydrogens (tertiary/aromatic N) is 2. The summed E-state index contributed by atoms with van der Waals surface area (Å²) in [6, 6.07) is 0. The Morgan fingerprint density at radius 1 is 1.50 bits per heavy atom. The van der Waals surface area contributed by atoms with Crippen LogP contribution in [0.1, 0.15) is 17.4 Å². The largest absolute Gasteiger partial charge is 0.396 e. The molecule has 0 unspecified atom stereocenters. The van der Waals surface area contributed by atoms with E-state index in [1.807, 2.05) is 6.92 Å². The minimum atomic E-state index is -3.24. The minimum absolute atomic E-state index is 0.130. The summed E-state index contributed by atoms with van der Waals surface area (Å²) in [7, 11) is -3.24. The first-order valence-corrected chi connectivity index (χ1v) is 7.28. The van der Waals surface area contributed by atoms with E-state index in [1.54, 1.807) is 0 Å². The van der Waals surface area contributed by atoms with Gasteiger partial charge in [0.15, 0.2) is 0 Å². The lowest BCUT2D eigenvalue weighted by atomic mass is 10.3. The molecule has 4 N–H and O–H groups in total. The van der Waals surface area contributed by atoms with E-state index in [2.05, 4.69) is 15.1 Å². The summed E-state index contributed by atoms with van der Waals surface area (Å²) >= 11 is 0. The van der Waals surface area contributed by atoms with Crippen molar-refractivity contribution in [3.63, 3.8) is 0 Å². The Morgan fingerprint density at radius 3 is 2.72 bits per heavy atom. The molecule has 8 nitrogen and oxygen atoms in total. The maximum atomic E-state index is 11.8. The van der Waals surface area contributed by atoms with Crippen LogP contribution in [-0.4, -0.2) is 43.5 Å². The number of anilines is 1. The van der Waals surface area contributed by atoms with Crippen LogP contribution in [0.15, 0.2) is 6.20 Å². The summed E-state index contributed by atoms with van der Waals surface area (Å²) in [6.07, 6.45) is 2.46. The highest BCUT2D eigenvalue weighted by Crippen LogP contribution is 2.09. The summed E-state index contributed by atoms with van der Waals surface area (Å²) in [6.45, 7) is 2.68. The van der Waals surface area contributed by atoms with Crippen LogP contribution < -0.4 is 15.8 Å². The molecule has 18 heavy (non-hydrogen) atoms. The lowest BCUT2D eigenvalue weighted by Gasteiger charge is -2.07. The fourth-order valence-corrected chi connectivity index (χ4v) is 1.86. The van der Waals surface area contributed by atoms with Crippen molar-refractivity contribution in [3.05, 3.63) is 11.9 Å². The van der Waals surface area contributed by atoms with Crippen molar-refractivity contribution >= 4 is 21.6 Å².